The lowest BCUT2D eigenvalue weighted by Gasteiger charge is -2.22. The molecule has 1 atom stereocenters. The monoisotopic (exact) mass is 338 g/mol. The number of phenols is 1. The zero-order chi connectivity index (χ0) is 14.5. The van der Waals surface area contributed by atoms with E-state index in [-0.39, 0.29) is 11.8 Å². The Hall–Kier alpha value is -1.30. The minimum Gasteiger partial charge on any atom is -0.507 e. The molecular weight excluding hydrogens is 320 g/mol. The van der Waals surface area contributed by atoms with Gasteiger partial charge in [-0.2, -0.15) is 0 Å². The fraction of sp³-hybridized carbons (Fsp3) is 0.333. The summed E-state index contributed by atoms with van der Waals surface area (Å²) in [6, 6.07) is 9.61. The Morgan fingerprint density at radius 3 is 2.75 bits per heavy atom. The van der Waals surface area contributed by atoms with Crippen LogP contribution < -0.4 is 5.32 Å². The van der Waals surface area contributed by atoms with E-state index in [0.717, 1.165) is 24.4 Å². The first-order valence-corrected chi connectivity index (χ1v) is 7.25. The van der Waals surface area contributed by atoms with Gasteiger partial charge in [0.1, 0.15) is 11.5 Å². The molecule has 5 heteroatoms. The Kier molecular flexibility index (Phi) is 5.23. The van der Waals surface area contributed by atoms with Crippen molar-refractivity contribution in [3.63, 3.8) is 0 Å². The van der Waals surface area contributed by atoms with Crippen molar-refractivity contribution in [1.29, 1.82) is 0 Å². The summed E-state index contributed by atoms with van der Waals surface area (Å²) in [5.41, 5.74) is 1.12. The van der Waals surface area contributed by atoms with Crippen molar-refractivity contribution in [3.05, 3.63) is 52.4 Å². The van der Waals surface area contributed by atoms with Crippen LogP contribution in [0, 0.1) is 0 Å². The second-order valence-corrected chi connectivity index (χ2v) is 5.77. The number of rotatable bonds is 6. The third kappa shape index (κ3) is 3.85. The maximum Gasteiger partial charge on any atom is 0.129 e. The standard InChI is InChI=1S/C15H19BrN2O2/c1-18(2)13(15-4-3-7-20-15)10-17-9-11-5-6-14(19)12(16)8-11/h3-8,13,17,19H,9-10H2,1-2H3. The fourth-order valence-corrected chi connectivity index (χ4v) is 2.46. The van der Waals surface area contributed by atoms with E-state index >= 15 is 0 Å². The molecule has 2 aromatic rings. The number of hydrogen-bond donors (Lipinski definition) is 2. The molecule has 0 bridgehead atoms. The summed E-state index contributed by atoms with van der Waals surface area (Å²) >= 11 is 3.32. The van der Waals surface area contributed by atoms with Gasteiger partial charge in [0.2, 0.25) is 0 Å². The van der Waals surface area contributed by atoms with E-state index in [0.29, 0.717) is 4.47 Å². The van der Waals surface area contributed by atoms with E-state index in [1.54, 1.807) is 12.3 Å². The van der Waals surface area contributed by atoms with E-state index < -0.39 is 0 Å². The molecule has 0 aliphatic carbocycles. The predicted octanol–water partition coefficient (Wildman–Crippen LogP) is 3.14. The summed E-state index contributed by atoms with van der Waals surface area (Å²) < 4.78 is 6.19. The highest BCUT2D eigenvalue weighted by atomic mass is 79.9. The average Bonchev–Trinajstić information content (AvgIpc) is 2.92. The number of likely N-dealkylation sites (N-methyl/N-ethyl adjacent to an activating group) is 1. The molecule has 2 rings (SSSR count). The molecule has 108 valence electrons. The quantitative estimate of drug-likeness (QED) is 0.849. The van der Waals surface area contributed by atoms with E-state index in [2.05, 4.69) is 26.1 Å². The Labute approximate surface area is 127 Å². The normalized spacial score (nSPS) is 12.8. The van der Waals surface area contributed by atoms with E-state index in [1.165, 1.54) is 0 Å². The third-order valence-corrected chi connectivity index (χ3v) is 3.81. The van der Waals surface area contributed by atoms with Crippen LogP contribution in [0.25, 0.3) is 0 Å². The Bertz CT molecular complexity index is 541. The van der Waals surface area contributed by atoms with Crippen molar-refractivity contribution in [2.75, 3.05) is 20.6 Å². The average molecular weight is 339 g/mol. The third-order valence-electron chi connectivity index (χ3n) is 3.17. The molecule has 20 heavy (non-hydrogen) atoms. The summed E-state index contributed by atoms with van der Waals surface area (Å²) in [4.78, 5) is 2.12. The van der Waals surface area contributed by atoms with Crippen LogP contribution in [-0.4, -0.2) is 30.6 Å². The van der Waals surface area contributed by atoms with Gasteiger partial charge in [0.05, 0.1) is 16.8 Å². The number of furan rings is 1. The molecule has 0 fully saturated rings. The van der Waals surface area contributed by atoms with Crippen molar-refractivity contribution in [1.82, 2.24) is 10.2 Å². The smallest absolute Gasteiger partial charge is 0.129 e. The SMILES string of the molecule is CN(C)C(CNCc1ccc(O)c(Br)c1)c1ccco1. The van der Waals surface area contributed by atoms with Crippen LogP contribution in [0.1, 0.15) is 17.4 Å². The molecule has 0 saturated heterocycles. The van der Waals surface area contributed by atoms with Crippen molar-refractivity contribution >= 4 is 15.9 Å². The minimum atomic E-state index is 0.200. The molecule has 1 unspecified atom stereocenters. The molecule has 2 N–H and O–H groups in total. The topological polar surface area (TPSA) is 48.6 Å². The van der Waals surface area contributed by atoms with Crippen molar-refractivity contribution in [2.24, 2.45) is 0 Å². The van der Waals surface area contributed by atoms with Crippen molar-refractivity contribution < 1.29 is 9.52 Å². The molecule has 0 radical (unpaired) electrons. The van der Waals surface area contributed by atoms with Gasteiger partial charge in [0.25, 0.3) is 0 Å². The van der Waals surface area contributed by atoms with E-state index in [9.17, 15) is 5.11 Å². The molecule has 0 aliphatic rings. The van der Waals surface area contributed by atoms with Crippen molar-refractivity contribution in [2.45, 2.75) is 12.6 Å². The number of benzene rings is 1. The van der Waals surface area contributed by atoms with Gasteiger partial charge in [-0.1, -0.05) is 6.07 Å². The van der Waals surface area contributed by atoms with Crippen LogP contribution in [0.15, 0.2) is 45.5 Å². The number of aromatic hydroxyl groups is 1. The van der Waals surface area contributed by atoms with Gasteiger partial charge in [0.15, 0.2) is 0 Å². The highest BCUT2D eigenvalue weighted by Crippen LogP contribution is 2.24. The first-order valence-electron chi connectivity index (χ1n) is 6.46. The summed E-state index contributed by atoms with van der Waals surface area (Å²) in [5.74, 6) is 1.21. The first kappa shape index (κ1) is 15.1. The predicted molar refractivity (Wildman–Crippen MR) is 82.6 cm³/mol. The molecule has 0 aliphatic heterocycles. The summed E-state index contributed by atoms with van der Waals surface area (Å²) in [6.07, 6.45) is 1.70. The second kappa shape index (κ2) is 6.92. The maximum atomic E-state index is 9.47. The van der Waals surface area contributed by atoms with Crippen LogP contribution >= 0.6 is 15.9 Å². The lowest BCUT2D eigenvalue weighted by molar-refractivity contribution is 0.250. The molecule has 1 aromatic heterocycles. The molecule has 0 saturated carbocycles. The van der Waals surface area contributed by atoms with Gasteiger partial charge in [-0.05, 0) is 59.9 Å². The molecule has 1 heterocycles. The fourth-order valence-electron chi connectivity index (χ4n) is 2.03. The van der Waals surface area contributed by atoms with Gasteiger partial charge in [-0.3, -0.25) is 4.90 Å². The second-order valence-electron chi connectivity index (χ2n) is 4.91. The summed E-state index contributed by atoms with van der Waals surface area (Å²) in [5, 5.41) is 12.9. The van der Waals surface area contributed by atoms with Crippen LogP contribution in [0.3, 0.4) is 0 Å². The van der Waals surface area contributed by atoms with Crippen LogP contribution in [0.2, 0.25) is 0 Å². The van der Waals surface area contributed by atoms with Gasteiger partial charge in [-0.25, -0.2) is 0 Å². The lowest BCUT2D eigenvalue weighted by Crippen LogP contribution is -2.30. The lowest BCUT2D eigenvalue weighted by atomic mass is 10.2. The molecule has 1 aromatic carbocycles. The minimum absolute atomic E-state index is 0.200. The van der Waals surface area contributed by atoms with Gasteiger partial charge in [-0.15, -0.1) is 0 Å². The van der Waals surface area contributed by atoms with Crippen LogP contribution in [0.4, 0.5) is 0 Å². The number of halogens is 1. The van der Waals surface area contributed by atoms with Crippen molar-refractivity contribution in [3.8, 4) is 5.75 Å². The number of nitrogens with one attached hydrogen (secondary N) is 1. The molecular formula is C15H19BrN2O2. The molecule has 4 nitrogen and oxygen atoms in total. The summed E-state index contributed by atoms with van der Waals surface area (Å²) in [7, 11) is 4.07. The highest BCUT2D eigenvalue weighted by molar-refractivity contribution is 9.10. The number of phenolic OH excluding ortho intramolecular Hbond substituents is 1. The molecule has 0 amide bonds. The van der Waals surface area contributed by atoms with E-state index in [1.807, 2.05) is 38.4 Å². The highest BCUT2D eigenvalue weighted by Gasteiger charge is 2.16. The zero-order valence-corrected chi connectivity index (χ0v) is 13.2. The van der Waals surface area contributed by atoms with Crippen LogP contribution in [-0.2, 0) is 6.54 Å². The van der Waals surface area contributed by atoms with Gasteiger partial charge >= 0.3 is 0 Å². The Morgan fingerprint density at radius 1 is 1.35 bits per heavy atom. The summed E-state index contributed by atoms with van der Waals surface area (Å²) in [6.45, 7) is 1.53. The number of nitrogens with zero attached hydrogens (tertiary/aromatic N) is 1. The first-order chi connectivity index (χ1) is 9.58. The van der Waals surface area contributed by atoms with Crippen LogP contribution in [0.5, 0.6) is 5.75 Å². The van der Waals surface area contributed by atoms with Gasteiger partial charge in [0, 0.05) is 13.1 Å². The largest absolute Gasteiger partial charge is 0.507 e. The Balaban J connectivity index is 1.92. The number of hydrogen-bond acceptors (Lipinski definition) is 4. The Morgan fingerprint density at radius 2 is 2.15 bits per heavy atom. The van der Waals surface area contributed by atoms with E-state index in [4.69, 9.17) is 4.42 Å². The van der Waals surface area contributed by atoms with Gasteiger partial charge < -0.3 is 14.8 Å². The maximum absolute atomic E-state index is 9.47. The zero-order valence-electron chi connectivity index (χ0n) is 11.6. The molecule has 0 spiro atoms.